The lowest BCUT2D eigenvalue weighted by Crippen LogP contribution is -2.53. The molecule has 1 aromatic rings. The number of carbonyl (C=O) groups is 1. The normalized spacial score (nSPS) is 17.6. The molecule has 8 nitrogen and oxygen atoms in total. The van der Waals surface area contributed by atoms with Crippen LogP contribution in [-0.4, -0.2) is 65.2 Å². The maximum absolute atomic E-state index is 12.1. The molecule has 162 valence electrons. The average Bonchev–Trinajstić information content (AvgIpc) is 3.48. The van der Waals surface area contributed by atoms with E-state index in [9.17, 15) is 4.79 Å². The second-order valence-electron chi connectivity index (χ2n) is 8.39. The number of amides is 1. The van der Waals surface area contributed by atoms with Crippen LogP contribution in [0.3, 0.4) is 0 Å². The largest absolute Gasteiger partial charge is 0.477 e. The Balaban J connectivity index is 0.00000300. The van der Waals surface area contributed by atoms with Gasteiger partial charge in [-0.3, -0.25) is 0 Å². The minimum absolute atomic E-state index is 0. The number of ether oxygens (including phenoxy) is 2. The average molecular weight is 517 g/mol. The molecular formula is C20H32IN5O3. The van der Waals surface area contributed by atoms with Gasteiger partial charge in [0.15, 0.2) is 5.96 Å². The molecule has 2 heterocycles. The summed E-state index contributed by atoms with van der Waals surface area (Å²) >= 11 is 0. The molecule has 1 aliphatic carbocycles. The monoisotopic (exact) mass is 517 g/mol. The molecule has 0 aromatic carbocycles. The Hall–Kier alpha value is -1.78. The first-order chi connectivity index (χ1) is 13.3. The second-order valence-corrected chi connectivity index (χ2v) is 8.39. The lowest BCUT2D eigenvalue weighted by atomic mass is 10.2. The molecule has 0 unspecified atom stereocenters. The van der Waals surface area contributed by atoms with Crippen LogP contribution in [0.2, 0.25) is 0 Å². The third-order valence-corrected chi connectivity index (χ3v) is 4.64. The number of hydrogen-bond donors (Lipinski definition) is 1. The van der Waals surface area contributed by atoms with E-state index in [1.54, 1.807) is 11.1 Å². The summed E-state index contributed by atoms with van der Waals surface area (Å²) in [5.41, 5.74) is 6.63. The van der Waals surface area contributed by atoms with Crippen molar-refractivity contribution in [3.63, 3.8) is 0 Å². The second kappa shape index (κ2) is 10.3. The topological polar surface area (TPSA) is 93.3 Å². The number of hydrogen-bond acceptors (Lipinski definition) is 5. The fourth-order valence-electron chi connectivity index (χ4n) is 2.79. The van der Waals surface area contributed by atoms with Crippen LogP contribution in [0.15, 0.2) is 23.3 Å². The van der Waals surface area contributed by atoms with Crippen LogP contribution in [0, 0.1) is 5.92 Å². The van der Waals surface area contributed by atoms with Gasteiger partial charge < -0.3 is 25.0 Å². The van der Waals surface area contributed by atoms with E-state index in [1.807, 2.05) is 37.8 Å². The zero-order valence-corrected chi connectivity index (χ0v) is 19.8. The Morgan fingerprint density at radius 2 is 1.86 bits per heavy atom. The number of aromatic nitrogens is 1. The zero-order valence-electron chi connectivity index (χ0n) is 17.5. The Labute approximate surface area is 189 Å². The molecule has 2 aliphatic rings. The summed E-state index contributed by atoms with van der Waals surface area (Å²) in [6.45, 7) is 9.24. The third kappa shape index (κ3) is 7.87. The van der Waals surface area contributed by atoms with E-state index in [1.165, 1.54) is 12.8 Å². The SMILES string of the molecule is CC(C)(C)OC(=O)N1CCN(C(N)=NCc2ccc(OCC3CC3)nc2)CC1.I. The van der Waals surface area contributed by atoms with Crippen molar-refractivity contribution < 1.29 is 14.3 Å². The van der Waals surface area contributed by atoms with Crippen LogP contribution >= 0.6 is 24.0 Å². The van der Waals surface area contributed by atoms with E-state index >= 15 is 0 Å². The Bertz CT molecular complexity index is 693. The molecule has 1 saturated carbocycles. The Kier molecular flexibility index (Phi) is 8.35. The first-order valence-electron chi connectivity index (χ1n) is 9.91. The summed E-state index contributed by atoms with van der Waals surface area (Å²) in [5, 5.41) is 0. The molecule has 3 rings (SSSR count). The summed E-state index contributed by atoms with van der Waals surface area (Å²) in [5.74, 6) is 1.85. The van der Waals surface area contributed by atoms with Crippen molar-refractivity contribution in [3.05, 3.63) is 23.9 Å². The van der Waals surface area contributed by atoms with Crippen molar-refractivity contribution in [1.82, 2.24) is 14.8 Å². The van der Waals surface area contributed by atoms with Crippen LogP contribution in [0.25, 0.3) is 0 Å². The number of nitrogens with zero attached hydrogens (tertiary/aromatic N) is 4. The van der Waals surface area contributed by atoms with E-state index < -0.39 is 5.60 Å². The van der Waals surface area contributed by atoms with Crippen molar-refractivity contribution in [2.75, 3.05) is 32.8 Å². The number of nitrogens with two attached hydrogens (primary N) is 1. The molecule has 0 radical (unpaired) electrons. The van der Waals surface area contributed by atoms with E-state index in [0.29, 0.717) is 50.5 Å². The number of pyridine rings is 1. The van der Waals surface area contributed by atoms with Crippen molar-refractivity contribution in [2.45, 2.75) is 45.8 Å². The standard InChI is InChI=1S/C20H31N5O3.HI/c1-20(2,3)28-19(26)25-10-8-24(9-11-25)18(21)23-13-16-6-7-17(22-12-16)27-14-15-4-5-15;/h6-7,12,15H,4-5,8-11,13-14H2,1-3H3,(H2,21,23);1H. The highest BCUT2D eigenvalue weighted by Crippen LogP contribution is 2.29. The molecule has 1 amide bonds. The first-order valence-corrected chi connectivity index (χ1v) is 9.91. The summed E-state index contributed by atoms with van der Waals surface area (Å²) in [7, 11) is 0. The van der Waals surface area contributed by atoms with Gasteiger partial charge in [0, 0.05) is 38.4 Å². The first kappa shape index (κ1) is 23.5. The molecule has 2 N–H and O–H groups in total. The van der Waals surface area contributed by atoms with Crippen LogP contribution in [0.1, 0.15) is 39.2 Å². The molecule has 9 heteroatoms. The van der Waals surface area contributed by atoms with E-state index in [4.69, 9.17) is 15.2 Å². The molecule has 2 fully saturated rings. The summed E-state index contributed by atoms with van der Waals surface area (Å²) in [6.07, 6.45) is 4.02. The van der Waals surface area contributed by atoms with Gasteiger partial charge in [0.25, 0.3) is 0 Å². The number of rotatable bonds is 5. The highest BCUT2D eigenvalue weighted by Gasteiger charge is 2.26. The highest BCUT2D eigenvalue weighted by molar-refractivity contribution is 14.0. The highest BCUT2D eigenvalue weighted by atomic mass is 127. The van der Waals surface area contributed by atoms with Gasteiger partial charge in [-0.15, -0.1) is 24.0 Å². The summed E-state index contributed by atoms with van der Waals surface area (Å²) < 4.78 is 11.1. The van der Waals surface area contributed by atoms with Gasteiger partial charge in [0.1, 0.15) is 5.60 Å². The van der Waals surface area contributed by atoms with Crippen molar-refractivity contribution >= 4 is 36.0 Å². The van der Waals surface area contributed by atoms with E-state index in [0.717, 1.165) is 12.2 Å². The number of aliphatic imine (C=N–C) groups is 1. The van der Waals surface area contributed by atoms with Gasteiger partial charge >= 0.3 is 6.09 Å². The van der Waals surface area contributed by atoms with Crippen LogP contribution in [0.4, 0.5) is 4.79 Å². The number of guanidine groups is 1. The van der Waals surface area contributed by atoms with E-state index in [-0.39, 0.29) is 30.1 Å². The fourth-order valence-corrected chi connectivity index (χ4v) is 2.79. The molecule has 1 aliphatic heterocycles. The number of carbonyl (C=O) groups excluding carboxylic acids is 1. The van der Waals surface area contributed by atoms with Crippen molar-refractivity contribution in [2.24, 2.45) is 16.6 Å². The Morgan fingerprint density at radius 1 is 1.21 bits per heavy atom. The molecule has 1 aromatic heterocycles. The maximum atomic E-state index is 12.1. The predicted octanol–water partition coefficient (Wildman–Crippen LogP) is 2.86. The zero-order chi connectivity index (χ0) is 20.1. The summed E-state index contributed by atoms with van der Waals surface area (Å²) in [6, 6.07) is 3.84. The molecule has 0 bridgehead atoms. The van der Waals surface area contributed by atoms with Crippen molar-refractivity contribution in [1.29, 1.82) is 0 Å². The van der Waals surface area contributed by atoms with Gasteiger partial charge in [-0.1, -0.05) is 6.07 Å². The molecule has 29 heavy (non-hydrogen) atoms. The van der Waals surface area contributed by atoms with Gasteiger partial charge in [-0.05, 0) is 45.1 Å². The van der Waals surface area contributed by atoms with Gasteiger partial charge in [-0.25, -0.2) is 14.8 Å². The fraction of sp³-hybridized carbons (Fsp3) is 0.650. The lowest BCUT2D eigenvalue weighted by Gasteiger charge is -2.36. The number of piperazine rings is 1. The van der Waals surface area contributed by atoms with Crippen LogP contribution in [0.5, 0.6) is 5.88 Å². The van der Waals surface area contributed by atoms with Crippen LogP contribution < -0.4 is 10.5 Å². The summed E-state index contributed by atoms with van der Waals surface area (Å²) in [4.78, 5) is 24.6. The van der Waals surface area contributed by atoms with Crippen molar-refractivity contribution in [3.8, 4) is 5.88 Å². The number of halogens is 1. The quantitative estimate of drug-likeness (QED) is 0.367. The maximum Gasteiger partial charge on any atom is 0.410 e. The minimum Gasteiger partial charge on any atom is -0.477 e. The van der Waals surface area contributed by atoms with Gasteiger partial charge in [-0.2, -0.15) is 0 Å². The smallest absolute Gasteiger partial charge is 0.410 e. The molecular weight excluding hydrogens is 485 g/mol. The molecule has 0 spiro atoms. The third-order valence-electron chi connectivity index (χ3n) is 4.64. The predicted molar refractivity (Wildman–Crippen MR) is 123 cm³/mol. The minimum atomic E-state index is -0.485. The van der Waals surface area contributed by atoms with Crippen LogP contribution in [-0.2, 0) is 11.3 Å². The van der Waals surface area contributed by atoms with E-state index in [2.05, 4.69) is 9.98 Å². The molecule has 1 saturated heterocycles. The van der Waals surface area contributed by atoms with Gasteiger partial charge in [0.2, 0.25) is 5.88 Å². The molecule has 0 atom stereocenters. The Morgan fingerprint density at radius 3 is 2.41 bits per heavy atom. The van der Waals surface area contributed by atoms with Gasteiger partial charge in [0.05, 0.1) is 13.2 Å². The lowest BCUT2D eigenvalue weighted by molar-refractivity contribution is 0.0186.